The van der Waals surface area contributed by atoms with Crippen LogP contribution >= 0.6 is 0 Å². The molecule has 4 saturated carbocycles. The van der Waals surface area contributed by atoms with Gasteiger partial charge in [0.05, 0.1) is 12.2 Å². The second kappa shape index (κ2) is 9.10. The molecule has 5 N–H and O–H groups in total. The summed E-state index contributed by atoms with van der Waals surface area (Å²) < 4.78 is 38.5. The molecule has 0 spiro atoms. The highest BCUT2D eigenvalue weighted by atomic mass is 32.3. The lowest BCUT2D eigenvalue weighted by atomic mass is 9.40. The number of carbonyl (C=O) groups excluding carboxylic acids is 1. The van der Waals surface area contributed by atoms with Gasteiger partial charge in [-0.2, -0.15) is 8.42 Å². The maximum atomic E-state index is 12.6. The van der Waals surface area contributed by atoms with Crippen LogP contribution in [0, 0.1) is 34.5 Å². The third-order valence-electron chi connectivity index (χ3n) is 10.8. The van der Waals surface area contributed by atoms with E-state index in [4.69, 9.17) is 4.18 Å². The fourth-order valence-corrected chi connectivity index (χ4v) is 9.66. The standard InChI is InChI=1S/C26H42O9S/c1-15(6-5-7-16(2)27)18-13-22(35-36(32,33)34)26(31)24(18,4)11-9-21-23(3)10-8-17(28)12-19(23)20(29)14-25(21,26)30/h5,7,15,17-22,28-31H,6,8-14H2,1-4H3,(H,32,33,34)/b7-5+/t15-,17?,18-,19-,20?,21-,22?,23+,24-,25+,26+/m1/s1. The first kappa shape index (κ1) is 28.1. The number of rotatable bonds is 6. The zero-order valence-corrected chi connectivity index (χ0v) is 22.4. The Kier molecular flexibility index (Phi) is 7.11. The van der Waals surface area contributed by atoms with Gasteiger partial charge in [0.15, 0.2) is 5.78 Å². The monoisotopic (exact) mass is 530 g/mol. The van der Waals surface area contributed by atoms with Crippen molar-refractivity contribution >= 4 is 16.2 Å². The summed E-state index contributed by atoms with van der Waals surface area (Å²) in [5, 5.41) is 46.6. The number of hydrogen-bond acceptors (Lipinski definition) is 8. The number of aliphatic hydroxyl groups is 4. The highest BCUT2D eigenvalue weighted by Crippen LogP contribution is 2.71. The Morgan fingerprint density at radius 1 is 1.14 bits per heavy atom. The van der Waals surface area contributed by atoms with Gasteiger partial charge in [0.2, 0.25) is 0 Å². The van der Waals surface area contributed by atoms with Gasteiger partial charge in [-0.15, -0.1) is 0 Å². The van der Waals surface area contributed by atoms with Crippen LogP contribution < -0.4 is 0 Å². The molecule has 4 fully saturated rings. The van der Waals surface area contributed by atoms with Crippen LogP contribution in [-0.4, -0.2) is 68.7 Å². The molecule has 0 radical (unpaired) electrons. The lowest BCUT2D eigenvalue weighted by molar-refractivity contribution is -0.328. The molecule has 4 rings (SSSR count). The number of aliphatic hydroxyl groups excluding tert-OH is 2. The predicted octanol–water partition coefficient (Wildman–Crippen LogP) is 2.18. The highest BCUT2D eigenvalue weighted by Gasteiger charge is 2.79. The molecular weight excluding hydrogens is 488 g/mol. The average molecular weight is 531 g/mol. The second-order valence-corrected chi connectivity index (χ2v) is 13.6. The lowest BCUT2D eigenvalue weighted by Crippen LogP contribution is -2.77. The van der Waals surface area contributed by atoms with Crippen molar-refractivity contribution in [2.75, 3.05) is 0 Å². The first-order valence-corrected chi connectivity index (χ1v) is 14.5. The third-order valence-corrected chi connectivity index (χ3v) is 11.2. The number of carbonyl (C=O) groups is 1. The summed E-state index contributed by atoms with van der Waals surface area (Å²) in [6.45, 7) is 7.25. The van der Waals surface area contributed by atoms with Crippen LogP contribution in [-0.2, 0) is 19.4 Å². The Labute approximate surface area is 213 Å². The zero-order valence-electron chi connectivity index (χ0n) is 21.6. The van der Waals surface area contributed by atoms with E-state index in [1.807, 2.05) is 20.8 Å². The van der Waals surface area contributed by atoms with Crippen molar-refractivity contribution in [3.63, 3.8) is 0 Å². The minimum atomic E-state index is -4.95. The van der Waals surface area contributed by atoms with Crippen molar-refractivity contribution in [3.8, 4) is 0 Å². The Balaban J connectivity index is 1.79. The number of fused-ring (bicyclic) bond motifs is 5. The molecule has 0 aromatic rings. The average Bonchev–Trinajstić information content (AvgIpc) is 2.97. The summed E-state index contributed by atoms with van der Waals surface area (Å²) in [6.07, 6.45) is 3.28. The van der Waals surface area contributed by atoms with E-state index in [-0.39, 0.29) is 36.4 Å². The molecule has 0 heterocycles. The van der Waals surface area contributed by atoms with Crippen molar-refractivity contribution in [1.82, 2.24) is 0 Å². The molecule has 11 atom stereocenters. The molecule has 3 unspecified atom stereocenters. The third kappa shape index (κ3) is 4.12. The van der Waals surface area contributed by atoms with E-state index in [1.165, 1.54) is 13.0 Å². The molecule has 0 aromatic heterocycles. The van der Waals surface area contributed by atoms with E-state index in [9.17, 15) is 38.2 Å². The molecule has 0 saturated heterocycles. The number of hydrogen-bond donors (Lipinski definition) is 5. The molecular formula is C26H42O9S. The summed E-state index contributed by atoms with van der Waals surface area (Å²) >= 11 is 0. The summed E-state index contributed by atoms with van der Waals surface area (Å²) in [4.78, 5) is 11.4. The van der Waals surface area contributed by atoms with E-state index in [1.54, 1.807) is 6.08 Å². The van der Waals surface area contributed by atoms with Crippen molar-refractivity contribution < 1.29 is 42.4 Å². The van der Waals surface area contributed by atoms with E-state index >= 15 is 0 Å². The quantitative estimate of drug-likeness (QED) is 0.256. The van der Waals surface area contributed by atoms with Crippen LogP contribution in [0.3, 0.4) is 0 Å². The summed E-state index contributed by atoms with van der Waals surface area (Å²) in [5.41, 5.74) is -5.48. The van der Waals surface area contributed by atoms with Gasteiger partial charge in [-0.1, -0.05) is 26.8 Å². The van der Waals surface area contributed by atoms with Gasteiger partial charge >= 0.3 is 10.4 Å². The van der Waals surface area contributed by atoms with Crippen LogP contribution in [0.25, 0.3) is 0 Å². The minimum Gasteiger partial charge on any atom is -0.393 e. The van der Waals surface area contributed by atoms with Gasteiger partial charge < -0.3 is 20.4 Å². The van der Waals surface area contributed by atoms with Gasteiger partial charge in [0.25, 0.3) is 0 Å². The molecule has 4 aliphatic rings. The van der Waals surface area contributed by atoms with E-state index < -0.39 is 56.7 Å². The topological polar surface area (TPSA) is 162 Å². The molecule has 0 bridgehead atoms. The maximum Gasteiger partial charge on any atom is 0.397 e. The van der Waals surface area contributed by atoms with Crippen molar-refractivity contribution in [3.05, 3.63) is 12.2 Å². The summed E-state index contributed by atoms with van der Waals surface area (Å²) in [6, 6.07) is 0. The second-order valence-electron chi connectivity index (χ2n) is 12.6. The molecule has 0 aliphatic heterocycles. The molecule has 0 amide bonds. The summed E-state index contributed by atoms with van der Waals surface area (Å²) in [5.74, 6) is -1.17. The first-order valence-electron chi connectivity index (χ1n) is 13.1. The predicted molar refractivity (Wildman–Crippen MR) is 131 cm³/mol. The van der Waals surface area contributed by atoms with E-state index in [0.29, 0.717) is 38.5 Å². The Morgan fingerprint density at radius 2 is 1.81 bits per heavy atom. The molecule has 10 heteroatoms. The Bertz CT molecular complexity index is 1010. The Hall–Kier alpha value is -0.880. The maximum absolute atomic E-state index is 12.6. The molecule has 4 aliphatic carbocycles. The van der Waals surface area contributed by atoms with Crippen molar-refractivity contribution in [2.24, 2.45) is 34.5 Å². The minimum absolute atomic E-state index is 0.0877. The van der Waals surface area contributed by atoms with Gasteiger partial charge in [-0.05, 0) is 87.0 Å². The smallest absolute Gasteiger partial charge is 0.393 e. The normalized spacial score (nSPS) is 49.8. The van der Waals surface area contributed by atoms with Gasteiger partial charge in [-0.25, -0.2) is 4.18 Å². The van der Waals surface area contributed by atoms with Crippen LogP contribution in [0.1, 0.15) is 79.1 Å². The fraction of sp³-hybridized carbons (Fsp3) is 0.885. The van der Waals surface area contributed by atoms with Crippen LogP contribution in [0.5, 0.6) is 0 Å². The lowest BCUT2D eigenvalue weighted by Gasteiger charge is -2.68. The molecule has 0 aromatic carbocycles. The highest BCUT2D eigenvalue weighted by molar-refractivity contribution is 7.80. The van der Waals surface area contributed by atoms with E-state index in [2.05, 4.69) is 0 Å². The van der Waals surface area contributed by atoms with Crippen LogP contribution in [0.15, 0.2) is 12.2 Å². The van der Waals surface area contributed by atoms with Gasteiger partial charge in [0.1, 0.15) is 17.3 Å². The largest absolute Gasteiger partial charge is 0.397 e. The number of ketones is 1. The molecule has 206 valence electrons. The zero-order chi connectivity index (χ0) is 26.9. The number of allylic oxidation sites excluding steroid dienone is 2. The first-order chi connectivity index (χ1) is 16.5. The summed E-state index contributed by atoms with van der Waals surface area (Å²) in [7, 11) is -4.95. The van der Waals surface area contributed by atoms with Crippen LogP contribution in [0.2, 0.25) is 0 Å². The van der Waals surface area contributed by atoms with Gasteiger partial charge in [-0.3, -0.25) is 9.35 Å². The molecule has 36 heavy (non-hydrogen) atoms. The van der Waals surface area contributed by atoms with Crippen molar-refractivity contribution in [1.29, 1.82) is 0 Å². The Morgan fingerprint density at radius 3 is 2.42 bits per heavy atom. The van der Waals surface area contributed by atoms with Crippen LogP contribution in [0.4, 0.5) is 0 Å². The van der Waals surface area contributed by atoms with Gasteiger partial charge in [0, 0.05) is 11.8 Å². The molecule has 9 nitrogen and oxygen atoms in total. The SMILES string of the molecule is CC(=O)/C=C/C[C@@H](C)[C@H]1CC(OS(=O)(=O)O)[C@]2(O)[C@]1(C)CC[C@@H]1[C@@]3(C)CCC(O)C[C@@H]3C(O)C[C@]12O. The van der Waals surface area contributed by atoms with Crippen molar-refractivity contribution in [2.45, 2.75) is 109 Å². The fourth-order valence-electron chi connectivity index (χ4n) is 9.15. The van der Waals surface area contributed by atoms with E-state index in [0.717, 1.165) is 0 Å².